The number of phenols is 1. The Bertz CT molecular complexity index is 648. The maximum Gasteiger partial charge on any atom is 0.243 e. The molecule has 0 aliphatic rings. The first kappa shape index (κ1) is 17.1. The molecule has 0 saturated heterocycles. The summed E-state index contributed by atoms with van der Waals surface area (Å²) in [5, 5.41) is 12.8. The molecule has 2 aromatic carbocycles. The van der Waals surface area contributed by atoms with Crippen LogP contribution in [0, 0.1) is 0 Å². The number of aromatic hydroxyl groups is 1. The summed E-state index contributed by atoms with van der Waals surface area (Å²) < 4.78 is 0. The molecule has 0 fully saturated rings. The van der Waals surface area contributed by atoms with Crippen molar-refractivity contribution in [1.82, 2.24) is 5.32 Å². The lowest BCUT2D eigenvalue weighted by molar-refractivity contribution is -0.116. The fraction of sp³-hybridized carbons (Fsp3) is 0.211. The predicted molar refractivity (Wildman–Crippen MR) is 94.5 cm³/mol. The number of nitrogens with one attached hydrogen (secondary N) is 1. The molecule has 23 heavy (non-hydrogen) atoms. The van der Waals surface area contributed by atoms with Crippen LogP contribution < -0.4 is 5.32 Å². The third-order valence-corrected chi connectivity index (χ3v) is 3.68. The lowest BCUT2D eigenvalue weighted by atomic mass is 10.1. The Morgan fingerprint density at radius 3 is 2.43 bits per heavy atom. The number of halogens is 1. The monoisotopic (exact) mass is 329 g/mol. The molecule has 0 aromatic heterocycles. The summed E-state index contributed by atoms with van der Waals surface area (Å²) in [6, 6.07) is 14.5. The number of aryl methyl sites for hydroxylation is 1. The van der Waals surface area contributed by atoms with Crippen molar-refractivity contribution in [2.75, 3.05) is 6.54 Å². The van der Waals surface area contributed by atoms with E-state index in [1.807, 2.05) is 24.3 Å². The maximum absolute atomic E-state index is 11.7. The minimum Gasteiger partial charge on any atom is -0.508 e. The van der Waals surface area contributed by atoms with Gasteiger partial charge < -0.3 is 10.4 Å². The molecule has 0 aliphatic carbocycles. The van der Waals surface area contributed by atoms with Crippen LogP contribution in [0.1, 0.15) is 24.0 Å². The molecule has 0 heterocycles. The fourth-order valence-electron chi connectivity index (χ4n) is 2.13. The van der Waals surface area contributed by atoms with Crippen molar-refractivity contribution in [1.29, 1.82) is 0 Å². The second-order valence-corrected chi connectivity index (χ2v) is 5.74. The molecule has 0 atom stereocenters. The number of phenolic OH excluding ortho intramolecular Hbond substituents is 1. The van der Waals surface area contributed by atoms with E-state index in [0.29, 0.717) is 6.54 Å². The largest absolute Gasteiger partial charge is 0.508 e. The SMILES string of the molecule is O=C(/C=C/c1ccc(O)cc1)NCCCCc1ccc(Cl)cc1. The Morgan fingerprint density at radius 1 is 1.04 bits per heavy atom. The maximum atomic E-state index is 11.7. The molecule has 120 valence electrons. The van der Waals surface area contributed by atoms with Crippen LogP contribution in [0.3, 0.4) is 0 Å². The highest BCUT2D eigenvalue weighted by molar-refractivity contribution is 6.30. The number of hydrogen-bond acceptors (Lipinski definition) is 2. The molecule has 0 aliphatic heterocycles. The lowest BCUT2D eigenvalue weighted by Crippen LogP contribution is -2.22. The standard InChI is InChI=1S/C19H20ClNO2/c20-17-9-4-15(5-10-17)3-1-2-14-21-19(23)13-8-16-6-11-18(22)12-7-16/h4-13,22H,1-3,14H2,(H,21,23)/b13-8+. The van der Waals surface area contributed by atoms with Crippen LogP contribution in [0.5, 0.6) is 5.75 Å². The van der Waals surface area contributed by atoms with Crippen molar-refractivity contribution >= 4 is 23.6 Å². The molecule has 0 spiro atoms. The van der Waals surface area contributed by atoms with Crippen molar-refractivity contribution in [3.63, 3.8) is 0 Å². The van der Waals surface area contributed by atoms with E-state index < -0.39 is 0 Å². The summed E-state index contributed by atoms with van der Waals surface area (Å²) in [6.07, 6.45) is 6.16. The Morgan fingerprint density at radius 2 is 1.74 bits per heavy atom. The Hall–Kier alpha value is -2.26. The van der Waals surface area contributed by atoms with E-state index in [2.05, 4.69) is 5.32 Å². The van der Waals surface area contributed by atoms with Gasteiger partial charge in [-0.3, -0.25) is 4.79 Å². The smallest absolute Gasteiger partial charge is 0.243 e. The minimum atomic E-state index is -0.107. The van der Waals surface area contributed by atoms with Gasteiger partial charge in [0.1, 0.15) is 5.75 Å². The van der Waals surface area contributed by atoms with Gasteiger partial charge in [-0.25, -0.2) is 0 Å². The third kappa shape index (κ3) is 6.57. The molecule has 1 amide bonds. The van der Waals surface area contributed by atoms with E-state index in [1.165, 1.54) is 11.6 Å². The van der Waals surface area contributed by atoms with Gasteiger partial charge in [0.15, 0.2) is 0 Å². The first-order valence-corrected chi connectivity index (χ1v) is 8.01. The Labute approximate surface area is 141 Å². The molecule has 0 bridgehead atoms. The van der Waals surface area contributed by atoms with E-state index in [-0.39, 0.29) is 11.7 Å². The molecule has 4 heteroatoms. The molecular formula is C19H20ClNO2. The average Bonchev–Trinajstić information content (AvgIpc) is 2.56. The third-order valence-electron chi connectivity index (χ3n) is 3.42. The minimum absolute atomic E-state index is 0.107. The van der Waals surface area contributed by atoms with E-state index in [9.17, 15) is 9.90 Å². The molecule has 2 N–H and O–H groups in total. The van der Waals surface area contributed by atoms with Crippen LogP contribution in [0.4, 0.5) is 0 Å². The zero-order chi connectivity index (χ0) is 16.5. The van der Waals surface area contributed by atoms with Gasteiger partial charge in [-0.2, -0.15) is 0 Å². The van der Waals surface area contributed by atoms with Crippen LogP contribution in [0.15, 0.2) is 54.6 Å². The lowest BCUT2D eigenvalue weighted by Gasteiger charge is -2.03. The molecule has 2 aromatic rings. The molecule has 3 nitrogen and oxygen atoms in total. The van der Waals surface area contributed by atoms with E-state index in [0.717, 1.165) is 29.8 Å². The van der Waals surface area contributed by atoms with Gasteiger partial charge >= 0.3 is 0 Å². The van der Waals surface area contributed by atoms with Crippen LogP contribution in [-0.4, -0.2) is 17.6 Å². The number of unbranched alkanes of at least 4 members (excludes halogenated alkanes) is 1. The number of benzene rings is 2. The second kappa shape index (κ2) is 9.01. The molecule has 2 rings (SSSR count). The topological polar surface area (TPSA) is 49.3 Å². The molecule has 0 unspecified atom stereocenters. The summed E-state index contributed by atoms with van der Waals surface area (Å²) in [4.78, 5) is 11.7. The highest BCUT2D eigenvalue weighted by Gasteiger charge is 1.97. The quantitative estimate of drug-likeness (QED) is 0.591. The zero-order valence-corrected chi connectivity index (χ0v) is 13.6. The van der Waals surface area contributed by atoms with Crippen molar-refractivity contribution in [3.05, 3.63) is 70.8 Å². The van der Waals surface area contributed by atoms with Crippen LogP contribution in [0.25, 0.3) is 6.08 Å². The fourth-order valence-corrected chi connectivity index (χ4v) is 2.26. The first-order valence-electron chi connectivity index (χ1n) is 7.63. The Balaban J connectivity index is 1.63. The van der Waals surface area contributed by atoms with Crippen molar-refractivity contribution in [2.24, 2.45) is 0 Å². The van der Waals surface area contributed by atoms with Crippen LogP contribution >= 0.6 is 11.6 Å². The predicted octanol–water partition coefficient (Wildman–Crippen LogP) is 4.20. The van der Waals surface area contributed by atoms with Gasteiger partial charge in [0.25, 0.3) is 0 Å². The van der Waals surface area contributed by atoms with Gasteiger partial charge in [-0.15, -0.1) is 0 Å². The Kier molecular flexibility index (Phi) is 6.70. The number of carbonyl (C=O) groups excluding carboxylic acids is 1. The van der Waals surface area contributed by atoms with Gasteiger partial charge in [0.05, 0.1) is 0 Å². The van der Waals surface area contributed by atoms with Crippen molar-refractivity contribution in [3.8, 4) is 5.75 Å². The molecule has 0 saturated carbocycles. The summed E-state index contributed by atoms with van der Waals surface area (Å²) in [6.45, 7) is 0.659. The summed E-state index contributed by atoms with van der Waals surface area (Å²) in [7, 11) is 0. The second-order valence-electron chi connectivity index (χ2n) is 5.30. The van der Waals surface area contributed by atoms with E-state index in [4.69, 9.17) is 11.6 Å². The summed E-state index contributed by atoms with van der Waals surface area (Å²) in [5.41, 5.74) is 2.13. The highest BCUT2D eigenvalue weighted by atomic mass is 35.5. The van der Waals surface area contributed by atoms with Gasteiger partial charge in [-0.1, -0.05) is 35.9 Å². The summed E-state index contributed by atoms with van der Waals surface area (Å²) in [5.74, 6) is 0.108. The van der Waals surface area contributed by atoms with E-state index in [1.54, 1.807) is 30.3 Å². The van der Waals surface area contributed by atoms with Gasteiger partial charge in [0, 0.05) is 17.6 Å². The van der Waals surface area contributed by atoms with E-state index >= 15 is 0 Å². The number of amides is 1. The molecular weight excluding hydrogens is 310 g/mol. The first-order chi connectivity index (χ1) is 11.1. The van der Waals surface area contributed by atoms with Crippen LogP contribution in [0.2, 0.25) is 5.02 Å². The zero-order valence-electron chi connectivity index (χ0n) is 12.8. The normalized spacial score (nSPS) is 10.8. The number of hydrogen-bond donors (Lipinski definition) is 2. The summed E-state index contributed by atoms with van der Waals surface area (Å²) >= 11 is 5.85. The number of carbonyl (C=O) groups is 1. The number of rotatable bonds is 7. The van der Waals surface area contributed by atoms with Crippen LogP contribution in [-0.2, 0) is 11.2 Å². The van der Waals surface area contributed by atoms with Crippen molar-refractivity contribution in [2.45, 2.75) is 19.3 Å². The van der Waals surface area contributed by atoms with Gasteiger partial charge in [-0.05, 0) is 60.7 Å². The van der Waals surface area contributed by atoms with Gasteiger partial charge in [0.2, 0.25) is 5.91 Å². The average molecular weight is 330 g/mol. The molecule has 0 radical (unpaired) electrons. The van der Waals surface area contributed by atoms with Crippen molar-refractivity contribution < 1.29 is 9.90 Å². The highest BCUT2D eigenvalue weighted by Crippen LogP contribution is 2.12.